The first-order valence-electron chi connectivity index (χ1n) is 7.41. The van der Waals surface area contributed by atoms with E-state index < -0.39 is 23.1 Å². The zero-order valence-corrected chi connectivity index (χ0v) is 13.0. The Morgan fingerprint density at radius 1 is 1.24 bits per heavy atom. The van der Waals surface area contributed by atoms with E-state index in [2.05, 4.69) is 9.97 Å². The van der Waals surface area contributed by atoms with Gasteiger partial charge < -0.3 is 14.7 Å². The maximum absolute atomic E-state index is 12.9. The topological polar surface area (TPSA) is 75.0 Å². The lowest BCUT2D eigenvalue weighted by Gasteiger charge is -2.12. The Balaban J connectivity index is 2.34. The van der Waals surface area contributed by atoms with Gasteiger partial charge in [-0.15, -0.1) is 0 Å². The molecule has 3 aromatic rings. The van der Waals surface area contributed by atoms with Gasteiger partial charge in [0.05, 0.1) is 29.1 Å². The Morgan fingerprint density at radius 2 is 2.00 bits per heavy atom. The van der Waals surface area contributed by atoms with E-state index in [1.54, 1.807) is 25.3 Å². The summed E-state index contributed by atoms with van der Waals surface area (Å²) in [6.07, 6.45) is -2.98. The number of pyridine rings is 1. The fourth-order valence-electron chi connectivity index (χ4n) is 2.55. The van der Waals surface area contributed by atoms with E-state index in [1.807, 2.05) is 0 Å². The highest BCUT2D eigenvalue weighted by Crippen LogP contribution is 2.31. The molecule has 0 bridgehead atoms. The van der Waals surface area contributed by atoms with Gasteiger partial charge in [-0.2, -0.15) is 13.2 Å². The number of hydrogen-bond donors (Lipinski definition) is 2. The summed E-state index contributed by atoms with van der Waals surface area (Å²) in [5.74, 6) is -0.838. The highest BCUT2D eigenvalue weighted by Gasteiger charge is 2.31. The van der Waals surface area contributed by atoms with Crippen molar-refractivity contribution in [3.8, 4) is 11.4 Å². The number of esters is 1. The average molecular weight is 350 g/mol. The molecule has 3 rings (SSSR count). The first-order valence-corrected chi connectivity index (χ1v) is 7.41. The largest absolute Gasteiger partial charge is 0.462 e. The number of carbonyl (C=O) groups excluding carboxylic acids is 1. The van der Waals surface area contributed by atoms with E-state index in [9.17, 15) is 22.8 Å². The number of aromatic nitrogens is 2. The third-order valence-corrected chi connectivity index (χ3v) is 3.68. The molecule has 2 N–H and O–H groups in total. The second-order valence-electron chi connectivity index (χ2n) is 5.27. The van der Waals surface area contributed by atoms with Crippen molar-refractivity contribution < 1.29 is 22.7 Å². The lowest BCUT2D eigenvalue weighted by molar-refractivity contribution is -0.137. The zero-order chi connectivity index (χ0) is 18.2. The van der Waals surface area contributed by atoms with E-state index in [1.165, 1.54) is 0 Å². The molecule has 25 heavy (non-hydrogen) atoms. The molecular weight excluding hydrogens is 337 g/mol. The van der Waals surface area contributed by atoms with Crippen LogP contribution in [0.1, 0.15) is 22.8 Å². The number of hydrogen-bond acceptors (Lipinski definition) is 3. The van der Waals surface area contributed by atoms with Gasteiger partial charge in [0, 0.05) is 11.6 Å². The number of H-pyrrole nitrogens is 2. The number of rotatable bonds is 3. The van der Waals surface area contributed by atoms with Gasteiger partial charge in [0.15, 0.2) is 0 Å². The minimum atomic E-state index is -4.54. The Morgan fingerprint density at radius 3 is 2.60 bits per heavy atom. The number of fused-ring (bicyclic) bond motifs is 1. The molecule has 2 heterocycles. The molecule has 8 heteroatoms. The highest BCUT2D eigenvalue weighted by atomic mass is 19.4. The number of halogens is 3. The molecule has 1 aromatic carbocycles. The molecular formula is C17H13F3N2O3. The summed E-state index contributed by atoms with van der Waals surface area (Å²) >= 11 is 0. The molecule has 2 aromatic heterocycles. The summed E-state index contributed by atoms with van der Waals surface area (Å²) in [7, 11) is 0. The Labute approximate surface area is 139 Å². The Hall–Kier alpha value is -3.03. The predicted molar refractivity (Wildman–Crippen MR) is 85.3 cm³/mol. The molecule has 5 nitrogen and oxygen atoms in total. The Bertz CT molecular complexity index is 989. The maximum Gasteiger partial charge on any atom is 0.416 e. The molecule has 0 atom stereocenters. The van der Waals surface area contributed by atoms with Crippen LogP contribution in [0.25, 0.3) is 22.3 Å². The van der Waals surface area contributed by atoms with Crippen LogP contribution in [-0.4, -0.2) is 22.5 Å². The summed E-state index contributed by atoms with van der Waals surface area (Å²) in [4.78, 5) is 30.5. The van der Waals surface area contributed by atoms with Gasteiger partial charge in [0.1, 0.15) is 5.56 Å². The molecule has 0 aliphatic heterocycles. The molecule has 130 valence electrons. The van der Waals surface area contributed by atoms with Crippen molar-refractivity contribution in [3.05, 3.63) is 57.9 Å². The smallest absolute Gasteiger partial charge is 0.416 e. The standard InChI is InChI=1S/C17H13F3N2O3/c1-2-25-16(24)13-14(11-4-3-7-21-11)22-12-8-9(17(18,19)20)5-6-10(12)15(13)23/h3-8,21H,2H2,1H3,(H,22,23). The minimum absolute atomic E-state index is 0.0162. The minimum Gasteiger partial charge on any atom is -0.462 e. The first-order chi connectivity index (χ1) is 11.8. The van der Waals surface area contributed by atoms with Crippen LogP contribution in [0.2, 0.25) is 0 Å². The maximum atomic E-state index is 12.9. The molecule has 0 spiro atoms. The van der Waals surface area contributed by atoms with Gasteiger partial charge in [-0.25, -0.2) is 4.79 Å². The second kappa shape index (κ2) is 6.12. The predicted octanol–water partition coefficient (Wildman–Crippen LogP) is 3.72. The second-order valence-corrected chi connectivity index (χ2v) is 5.27. The fraction of sp³-hybridized carbons (Fsp3) is 0.176. The van der Waals surface area contributed by atoms with Gasteiger partial charge in [-0.1, -0.05) is 0 Å². The highest BCUT2D eigenvalue weighted by molar-refractivity contribution is 6.00. The van der Waals surface area contributed by atoms with E-state index in [0.29, 0.717) is 5.69 Å². The van der Waals surface area contributed by atoms with Gasteiger partial charge in [-0.3, -0.25) is 4.79 Å². The van der Waals surface area contributed by atoms with Crippen LogP contribution < -0.4 is 5.43 Å². The lowest BCUT2D eigenvalue weighted by Crippen LogP contribution is -2.21. The SMILES string of the molecule is CCOC(=O)c1c(-c2ccc[nH]2)[nH]c2cc(C(F)(F)F)ccc2c1=O. The molecule has 0 fully saturated rings. The van der Waals surface area contributed by atoms with Crippen LogP contribution in [0, 0.1) is 0 Å². The van der Waals surface area contributed by atoms with Crippen molar-refractivity contribution in [2.75, 3.05) is 6.61 Å². The molecule has 0 saturated carbocycles. The van der Waals surface area contributed by atoms with Crippen molar-refractivity contribution in [2.24, 2.45) is 0 Å². The number of benzene rings is 1. The Kier molecular flexibility index (Phi) is 4.12. The summed E-state index contributed by atoms with van der Waals surface area (Å²) < 4.78 is 43.7. The average Bonchev–Trinajstić information content (AvgIpc) is 3.07. The van der Waals surface area contributed by atoms with Crippen molar-refractivity contribution in [1.29, 1.82) is 0 Å². The number of alkyl halides is 3. The first kappa shape index (κ1) is 16.8. The van der Waals surface area contributed by atoms with Crippen LogP contribution >= 0.6 is 0 Å². The normalized spacial score (nSPS) is 11.7. The van der Waals surface area contributed by atoms with Gasteiger partial charge >= 0.3 is 12.1 Å². The molecule has 0 unspecified atom stereocenters. The number of aromatic amines is 2. The summed E-state index contributed by atoms with van der Waals surface area (Å²) in [5.41, 5.74) is -1.38. The van der Waals surface area contributed by atoms with Crippen molar-refractivity contribution in [2.45, 2.75) is 13.1 Å². The molecule has 0 aliphatic carbocycles. The van der Waals surface area contributed by atoms with E-state index >= 15 is 0 Å². The van der Waals surface area contributed by atoms with Crippen LogP contribution in [0.5, 0.6) is 0 Å². The molecule has 0 aliphatic rings. The summed E-state index contributed by atoms with van der Waals surface area (Å²) in [5, 5.41) is -0.0219. The van der Waals surface area contributed by atoms with Crippen molar-refractivity contribution in [1.82, 2.24) is 9.97 Å². The molecule has 0 amide bonds. The lowest BCUT2D eigenvalue weighted by atomic mass is 10.0. The monoisotopic (exact) mass is 350 g/mol. The van der Waals surface area contributed by atoms with Crippen molar-refractivity contribution in [3.63, 3.8) is 0 Å². The third-order valence-electron chi connectivity index (χ3n) is 3.68. The summed E-state index contributed by atoms with van der Waals surface area (Å²) in [6.45, 7) is 1.66. The summed E-state index contributed by atoms with van der Waals surface area (Å²) in [6, 6.07) is 5.93. The number of ether oxygens (including phenoxy) is 1. The molecule has 0 saturated heterocycles. The van der Waals surface area contributed by atoms with Gasteiger partial charge in [0.25, 0.3) is 0 Å². The number of nitrogens with one attached hydrogen (secondary N) is 2. The fourth-order valence-corrected chi connectivity index (χ4v) is 2.55. The van der Waals surface area contributed by atoms with E-state index in [4.69, 9.17) is 4.74 Å². The van der Waals surface area contributed by atoms with E-state index in [-0.39, 0.29) is 28.8 Å². The quantitative estimate of drug-likeness (QED) is 0.707. The van der Waals surface area contributed by atoms with Gasteiger partial charge in [0.2, 0.25) is 5.43 Å². The van der Waals surface area contributed by atoms with E-state index in [0.717, 1.165) is 18.2 Å². The van der Waals surface area contributed by atoms with Crippen LogP contribution in [0.3, 0.4) is 0 Å². The zero-order valence-electron chi connectivity index (χ0n) is 13.0. The van der Waals surface area contributed by atoms with Gasteiger partial charge in [-0.05, 0) is 37.3 Å². The molecule has 0 radical (unpaired) electrons. The third kappa shape index (κ3) is 3.02. The van der Waals surface area contributed by atoms with Crippen LogP contribution in [0.15, 0.2) is 41.3 Å². The van der Waals surface area contributed by atoms with Crippen molar-refractivity contribution >= 4 is 16.9 Å². The number of carbonyl (C=O) groups is 1. The van der Waals surface area contributed by atoms with Crippen LogP contribution in [0.4, 0.5) is 13.2 Å². The van der Waals surface area contributed by atoms with Crippen LogP contribution in [-0.2, 0) is 10.9 Å².